The van der Waals surface area contributed by atoms with Crippen LogP contribution < -0.4 is 5.32 Å². The Hall–Kier alpha value is -1.85. The van der Waals surface area contributed by atoms with Crippen molar-refractivity contribution >= 4 is 11.9 Å². The molecule has 0 fully saturated rings. The highest BCUT2D eigenvalue weighted by atomic mass is 16.5. The standard InChI is InChI=1S/C25H45N3O3/c1-3-4-5-6-7-8-9-10-11-12-13-14-15-16-17-18-24(29)28-23(25(30)31-2)19-22-20-26-21-27-22/h20-21,23H,3-19H2,1-2H3,(H,26,27)(H,28,29)/t23-/m0/s1. The largest absolute Gasteiger partial charge is 0.467 e. The van der Waals surface area contributed by atoms with E-state index in [4.69, 9.17) is 4.74 Å². The number of nitrogens with zero attached hydrogens (tertiary/aromatic N) is 1. The molecule has 0 unspecified atom stereocenters. The number of hydrogen-bond donors (Lipinski definition) is 2. The lowest BCUT2D eigenvalue weighted by atomic mass is 10.0. The number of methoxy groups -OCH3 is 1. The Kier molecular flexibility index (Phi) is 16.6. The molecule has 1 aromatic heterocycles. The van der Waals surface area contributed by atoms with Crippen molar-refractivity contribution in [3.8, 4) is 0 Å². The van der Waals surface area contributed by atoms with Crippen molar-refractivity contribution in [1.29, 1.82) is 0 Å². The zero-order valence-corrected chi connectivity index (χ0v) is 19.9. The molecule has 0 saturated carbocycles. The van der Waals surface area contributed by atoms with Gasteiger partial charge in [0.2, 0.25) is 5.91 Å². The van der Waals surface area contributed by atoms with Crippen molar-refractivity contribution in [2.75, 3.05) is 7.11 Å². The number of aromatic amines is 1. The Balaban J connectivity index is 1.96. The highest BCUT2D eigenvalue weighted by Crippen LogP contribution is 2.13. The van der Waals surface area contributed by atoms with Crippen molar-refractivity contribution in [3.05, 3.63) is 18.2 Å². The molecule has 1 aromatic rings. The van der Waals surface area contributed by atoms with Gasteiger partial charge in [0.05, 0.1) is 13.4 Å². The van der Waals surface area contributed by atoms with Gasteiger partial charge in [-0.25, -0.2) is 9.78 Å². The number of hydrogen-bond acceptors (Lipinski definition) is 4. The maximum absolute atomic E-state index is 12.2. The molecule has 6 heteroatoms. The van der Waals surface area contributed by atoms with E-state index in [1.54, 1.807) is 12.5 Å². The van der Waals surface area contributed by atoms with E-state index in [1.807, 2.05) is 0 Å². The fourth-order valence-electron chi connectivity index (χ4n) is 3.88. The molecule has 6 nitrogen and oxygen atoms in total. The van der Waals surface area contributed by atoms with Gasteiger partial charge in [0.15, 0.2) is 0 Å². The molecule has 2 N–H and O–H groups in total. The van der Waals surface area contributed by atoms with Crippen LogP contribution in [0.3, 0.4) is 0 Å². The summed E-state index contributed by atoms with van der Waals surface area (Å²) in [6.45, 7) is 2.27. The second-order valence-electron chi connectivity index (χ2n) is 8.62. The minimum Gasteiger partial charge on any atom is -0.467 e. The predicted molar refractivity (Wildman–Crippen MR) is 126 cm³/mol. The average Bonchev–Trinajstić information content (AvgIpc) is 3.28. The fraction of sp³-hybridized carbons (Fsp3) is 0.800. The summed E-state index contributed by atoms with van der Waals surface area (Å²) < 4.78 is 4.81. The summed E-state index contributed by atoms with van der Waals surface area (Å²) in [6, 6.07) is -0.672. The first-order chi connectivity index (χ1) is 15.2. The molecule has 0 aliphatic rings. The molecular formula is C25H45N3O3. The van der Waals surface area contributed by atoms with Crippen molar-refractivity contribution in [2.45, 2.75) is 122 Å². The van der Waals surface area contributed by atoms with E-state index in [2.05, 4.69) is 22.2 Å². The monoisotopic (exact) mass is 435 g/mol. The van der Waals surface area contributed by atoms with Gasteiger partial charge in [-0.2, -0.15) is 0 Å². The highest BCUT2D eigenvalue weighted by molar-refractivity contribution is 5.84. The van der Waals surface area contributed by atoms with Gasteiger partial charge in [-0.3, -0.25) is 4.79 Å². The number of unbranched alkanes of at least 4 members (excludes halogenated alkanes) is 14. The number of carbonyl (C=O) groups is 2. The predicted octanol–water partition coefficient (Wildman–Crippen LogP) is 5.87. The summed E-state index contributed by atoms with van der Waals surface area (Å²) in [5.41, 5.74) is 0.794. The summed E-state index contributed by atoms with van der Waals surface area (Å²) in [5.74, 6) is -0.524. The van der Waals surface area contributed by atoms with Gasteiger partial charge >= 0.3 is 5.97 Å². The van der Waals surface area contributed by atoms with Crippen LogP contribution in [0.15, 0.2) is 12.5 Å². The molecule has 1 rings (SSSR count). The quantitative estimate of drug-likeness (QED) is 0.198. The van der Waals surface area contributed by atoms with Crippen molar-refractivity contribution in [1.82, 2.24) is 15.3 Å². The zero-order chi connectivity index (χ0) is 22.6. The molecule has 0 radical (unpaired) electrons. The summed E-state index contributed by atoms with van der Waals surface area (Å²) in [7, 11) is 1.34. The van der Waals surface area contributed by atoms with E-state index in [0.717, 1.165) is 18.5 Å². The van der Waals surface area contributed by atoms with Crippen molar-refractivity contribution in [2.24, 2.45) is 0 Å². The van der Waals surface area contributed by atoms with Crippen LogP contribution in [0.1, 0.15) is 115 Å². The topological polar surface area (TPSA) is 84.1 Å². The van der Waals surface area contributed by atoms with Gasteiger partial charge in [0.1, 0.15) is 6.04 Å². The Bertz CT molecular complexity index is 560. The van der Waals surface area contributed by atoms with Crippen molar-refractivity contribution in [3.63, 3.8) is 0 Å². The third-order valence-corrected chi connectivity index (χ3v) is 5.81. The van der Waals surface area contributed by atoms with Gasteiger partial charge < -0.3 is 15.0 Å². The van der Waals surface area contributed by atoms with E-state index < -0.39 is 12.0 Å². The molecule has 1 amide bonds. The lowest BCUT2D eigenvalue weighted by molar-refractivity contribution is -0.145. The molecule has 0 aliphatic heterocycles. The first-order valence-corrected chi connectivity index (χ1v) is 12.5. The molecule has 0 aromatic carbocycles. The molecule has 1 heterocycles. The zero-order valence-electron chi connectivity index (χ0n) is 19.9. The number of carbonyl (C=O) groups excluding carboxylic acids is 2. The van der Waals surface area contributed by atoms with Gasteiger partial charge in [-0.15, -0.1) is 0 Å². The number of rotatable bonds is 20. The normalized spacial score (nSPS) is 11.9. The minimum absolute atomic E-state index is 0.0930. The van der Waals surface area contributed by atoms with E-state index in [0.29, 0.717) is 12.8 Å². The maximum atomic E-state index is 12.2. The van der Waals surface area contributed by atoms with Crippen molar-refractivity contribution < 1.29 is 14.3 Å². The number of amides is 1. The molecule has 0 aliphatic carbocycles. The van der Waals surface area contributed by atoms with Crippen LogP contribution in [-0.4, -0.2) is 35.0 Å². The van der Waals surface area contributed by atoms with Crippen LogP contribution in [0.4, 0.5) is 0 Å². The molecular weight excluding hydrogens is 390 g/mol. The first-order valence-electron chi connectivity index (χ1n) is 12.5. The second-order valence-corrected chi connectivity index (χ2v) is 8.62. The molecule has 0 bridgehead atoms. The second kappa shape index (κ2) is 18.9. The van der Waals surface area contributed by atoms with E-state index in [9.17, 15) is 9.59 Å². The van der Waals surface area contributed by atoms with Crippen LogP contribution in [0.25, 0.3) is 0 Å². The summed E-state index contributed by atoms with van der Waals surface area (Å²) in [4.78, 5) is 31.0. The van der Waals surface area contributed by atoms with E-state index >= 15 is 0 Å². The van der Waals surface area contributed by atoms with Crippen LogP contribution in [0.5, 0.6) is 0 Å². The maximum Gasteiger partial charge on any atom is 0.328 e. The molecule has 1 atom stereocenters. The van der Waals surface area contributed by atoms with Gasteiger partial charge in [0.25, 0.3) is 0 Å². The summed E-state index contributed by atoms with van der Waals surface area (Å²) in [6.07, 6.45) is 23.5. The SMILES string of the molecule is CCCCCCCCCCCCCCCCCC(=O)N[C@@H](Cc1cnc[nH]1)C(=O)OC. The highest BCUT2D eigenvalue weighted by Gasteiger charge is 2.22. The molecule has 0 spiro atoms. The number of aromatic nitrogens is 2. The Morgan fingerprint density at radius 1 is 0.903 bits per heavy atom. The molecule has 0 saturated heterocycles. The van der Waals surface area contributed by atoms with Crippen LogP contribution >= 0.6 is 0 Å². The summed E-state index contributed by atoms with van der Waals surface area (Å²) >= 11 is 0. The molecule has 31 heavy (non-hydrogen) atoms. The average molecular weight is 436 g/mol. The lowest BCUT2D eigenvalue weighted by Crippen LogP contribution is -2.43. The van der Waals surface area contributed by atoms with Crippen LogP contribution in [0.2, 0.25) is 0 Å². The number of ether oxygens (including phenoxy) is 1. The van der Waals surface area contributed by atoms with E-state index in [-0.39, 0.29) is 5.91 Å². The van der Waals surface area contributed by atoms with E-state index in [1.165, 1.54) is 90.6 Å². The van der Waals surface area contributed by atoms with Crippen LogP contribution in [0, 0.1) is 0 Å². The summed E-state index contributed by atoms with van der Waals surface area (Å²) in [5, 5.41) is 2.79. The molecule has 178 valence electrons. The fourth-order valence-corrected chi connectivity index (χ4v) is 3.88. The number of imidazole rings is 1. The smallest absolute Gasteiger partial charge is 0.328 e. The third-order valence-electron chi connectivity index (χ3n) is 5.81. The first kappa shape index (κ1) is 27.2. The van der Waals surface area contributed by atoms with Gasteiger partial charge in [-0.1, -0.05) is 96.8 Å². The number of esters is 1. The Morgan fingerprint density at radius 3 is 1.87 bits per heavy atom. The van der Waals surface area contributed by atoms with Gasteiger partial charge in [0, 0.05) is 24.7 Å². The van der Waals surface area contributed by atoms with Gasteiger partial charge in [-0.05, 0) is 6.42 Å². The number of H-pyrrole nitrogens is 1. The third kappa shape index (κ3) is 14.7. The number of nitrogens with one attached hydrogen (secondary N) is 2. The lowest BCUT2D eigenvalue weighted by Gasteiger charge is -2.15. The van der Waals surface area contributed by atoms with Crippen LogP contribution in [-0.2, 0) is 20.7 Å². The minimum atomic E-state index is -0.672. The Morgan fingerprint density at radius 2 is 1.42 bits per heavy atom. The Labute approximate surface area is 189 Å².